The molecular weight excluding hydrogens is 368 g/mol. The minimum absolute atomic E-state index is 0.0506. The van der Waals surface area contributed by atoms with Gasteiger partial charge in [0.15, 0.2) is 0 Å². The topological polar surface area (TPSA) is 112 Å². The molecule has 0 aromatic carbocycles. The zero-order valence-electron chi connectivity index (χ0n) is 15.7. The zero-order valence-corrected chi connectivity index (χ0v) is 16.6. The second-order valence-corrected chi connectivity index (χ2v) is 10.4. The second-order valence-electron chi connectivity index (χ2n) is 8.69. The minimum atomic E-state index is -3.82. The number of likely N-dealkylation sites (tertiary alicyclic amines) is 1. The first kappa shape index (κ1) is 18.5. The average Bonchev–Trinajstić information content (AvgIpc) is 3.33. The van der Waals surface area contributed by atoms with E-state index in [1.807, 2.05) is 13.8 Å². The summed E-state index contributed by atoms with van der Waals surface area (Å²) in [7, 11) is -3.82. The molecule has 0 radical (unpaired) electrons. The first-order chi connectivity index (χ1) is 12.7. The molecule has 2 heterocycles. The molecule has 0 spiro atoms. The summed E-state index contributed by atoms with van der Waals surface area (Å²) in [5.74, 6) is -0.194. The molecule has 2 bridgehead atoms. The quantitative estimate of drug-likeness (QED) is 0.791. The number of sulfonamides is 1. The van der Waals surface area contributed by atoms with Gasteiger partial charge >= 0.3 is 0 Å². The number of ketones is 1. The van der Waals surface area contributed by atoms with Crippen LogP contribution in [0.4, 0.5) is 5.69 Å². The standard InChI is InChI=1S/C18H26N4O4S/c1-17(2)12-5-6-18(17,14(23)9-12)11-27(25,26)21-13-10-19-20-15(13)16(24)22-7-3-4-8-22/h10,12,21H,3-9,11H2,1-2H3,(H,19,20)/t12?,18-/m0/s1. The number of hydrogen-bond acceptors (Lipinski definition) is 5. The van der Waals surface area contributed by atoms with Gasteiger partial charge < -0.3 is 4.90 Å². The summed E-state index contributed by atoms with van der Waals surface area (Å²) in [6, 6.07) is 0. The van der Waals surface area contributed by atoms with E-state index < -0.39 is 15.4 Å². The van der Waals surface area contributed by atoms with Gasteiger partial charge in [-0.25, -0.2) is 8.42 Å². The van der Waals surface area contributed by atoms with Crippen LogP contribution in [0, 0.1) is 16.7 Å². The first-order valence-corrected chi connectivity index (χ1v) is 11.2. The third kappa shape index (κ3) is 2.78. The number of nitrogens with one attached hydrogen (secondary N) is 2. The molecule has 148 valence electrons. The maximum absolute atomic E-state index is 12.9. The third-order valence-corrected chi connectivity index (χ3v) is 8.49. The fourth-order valence-corrected chi connectivity index (χ4v) is 7.13. The van der Waals surface area contributed by atoms with Crippen molar-refractivity contribution < 1.29 is 18.0 Å². The number of aromatic nitrogens is 2. The first-order valence-electron chi connectivity index (χ1n) is 9.53. The third-order valence-electron chi connectivity index (χ3n) is 7.09. The number of hydrogen-bond donors (Lipinski definition) is 2. The van der Waals surface area contributed by atoms with E-state index >= 15 is 0 Å². The second kappa shape index (κ2) is 6.05. The Kier molecular flexibility index (Phi) is 4.14. The van der Waals surface area contributed by atoms with Gasteiger partial charge in [0.25, 0.3) is 5.91 Å². The number of amides is 1. The maximum atomic E-state index is 12.9. The molecule has 1 unspecified atom stereocenters. The van der Waals surface area contributed by atoms with Crippen LogP contribution in [0.3, 0.4) is 0 Å². The highest BCUT2D eigenvalue weighted by Crippen LogP contribution is 2.64. The highest BCUT2D eigenvalue weighted by Gasteiger charge is 2.65. The van der Waals surface area contributed by atoms with E-state index in [1.165, 1.54) is 6.20 Å². The number of nitrogens with zero attached hydrogens (tertiary/aromatic N) is 2. The Morgan fingerprint density at radius 2 is 2.07 bits per heavy atom. The number of H-pyrrole nitrogens is 1. The van der Waals surface area contributed by atoms with Gasteiger partial charge in [0, 0.05) is 19.5 Å². The van der Waals surface area contributed by atoms with Crippen molar-refractivity contribution in [1.29, 1.82) is 0 Å². The molecule has 1 aliphatic heterocycles. The minimum Gasteiger partial charge on any atom is -0.337 e. The van der Waals surface area contributed by atoms with E-state index in [-0.39, 0.29) is 40.2 Å². The summed E-state index contributed by atoms with van der Waals surface area (Å²) in [5, 5.41) is 6.47. The van der Waals surface area contributed by atoms with E-state index in [0.29, 0.717) is 25.9 Å². The molecule has 3 aliphatic rings. The molecule has 8 nitrogen and oxygen atoms in total. The van der Waals surface area contributed by atoms with Crippen molar-refractivity contribution in [2.75, 3.05) is 23.6 Å². The number of rotatable bonds is 5. The summed E-state index contributed by atoms with van der Waals surface area (Å²) in [4.78, 5) is 26.9. The Bertz CT molecular complexity index is 885. The van der Waals surface area contributed by atoms with Crippen molar-refractivity contribution in [2.45, 2.75) is 46.0 Å². The van der Waals surface area contributed by atoms with E-state index in [4.69, 9.17) is 0 Å². The summed E-state index contributed by atoms with van der Waals surface area (Å²) in [6.45, 7) is 5.34. The van der Waals surface area contributed by atoms with Crippen LogP contribution in [0.25, 0.3) is 0 Å². The Morgan fingerprint density at radius 1 is 1.37 bits per heavy atom. The number of Topliss-reactive ketones (excluding diaryl/α,β-unsaturated/α-hetero) is 1. The highest BCUT2D eigenvalue weighted by molar-refractivity contribution is 7.92. The monoisotopic (exact) mass is 394 g/mol. The Hall–Kier alpha value is -1.90. The number of fused-ring (bicyclic) bond motifs is 2. The van der Waals surface area contributed by atoms with E-state index in [2.05, 4.69) is 14.9 Å². The number of aromatic amines is 1. The van der Waals surface area contributed by atoms with E-state index in [9.17, 15) is 18.0 Å². The number of carbonyl (C=O) groups is 2. The molecule has 9 heteroatoms. The van der Waals surface area contributed by atoms with Crippen molar-refractivity contribution in [3.63, 3.8) is 0 Å². The molecule has 1 amide bonds. The fourth-order valence-electron chi connectivity index (χ4n) is 5.24. The van der Waals surface area contributed by atoms with Crippen LogP contribution >= 0.6 is 0 Å². The molecule has 27 heavy (non-hydrogen) atoms. The summed E-state index contributed by atoms with van der Waals surface area (Å²) >= 11 is 0. The summed E-state index contributed by atoms with van der Waals surface area (Å²) in [5.41, 5.74) is -0.865. The van der Waals surface area contributed by atoms with E-state index in [0.717, 1.165) is 19.3 Å². The molecule has 1 aromatic heterocycles. The fraction of sp³-hybridized carbons (Fsp3) is 0.722. The zero-order chi connectivity index (χ0) is 19.4. The molecule has 1 saturated heterocycles. The van der Waals surface area contributed by atoms with Gasteiger partial charge in [-0.15, -0.1) is 0 Å². The number of anilines is 1. The lowest BCUT2D eigenvalue weighted by Gasteiger charge is -2.36. The van der Waals surface area contributed by atoms with Gasteiger partial charge in [0.1, 0.15) is 11.5 Å². The summed E-state index contributed by atoms with van der Waals surface area (Å²) in [6.07, 6.45) is 5.17. The lowest BCUT2D eigenvalue weighted by atomic mass is 9.70. The largest absolute Gasteiger partial charge is 0.337 e. The van der Waals surface area contributed by atoms with Crippen LogP contribution < -0.4 is 4.72 Å². The summed E-state index contributed by atoms with van der Waals surface area (Å²) < 4.78 is 28.4. The van der Waals surface area contributed by atoms with Crippen LogP contribution in [-0.2, 0) is 14.8 Å². The molecule has 3 fully saturated rings. The molecule has 2 aliphatic carbocycles. The van der Waals surface area contributed by atoms with Crippen LogP contribution in [0.5, 0.6) is 0 Å². The van der Waals surface area contributed by atoms with Gasteiger partial charge in [-0.05, 0) is 37.0 Å². The highest BCUT2D eigenvalue weighted by atomic mass is 32.2. The molecule has 2 saturated carbocycles. The van der Waals surface area contributed by atoms with Crippen LogP contribution in [0.15, 0.2) is 6.20 Å². The average molecular weight is 394 g/mol. The molecule has 2 N–H and O–H groups in total. The van der Waals surface area contributed by atoms with Gasteiger partial charge in [0.05, 0.1) is 23.1 Å². The smallest absolute Gasteiger partial charge is 0.274 e. The van der Waals surface area contributed by atoms with E-state index in [1.54, 1.807) is 4.90 Å². The lowest BCUT2D eigenvalue weighted by molar-refractivity contribution is -0.128. The van der Waals surface area contributed by atoms with Crippen molar-refractivity contribution in [3.8, 4) is 0 Å². The van der Waals surface area contributed by atoms with Gasteiger partial charge in [-0.2, -0.15) is 5.10 Å². The van der Waals surface area contributed by atoms with Crippen LogP contribution in [-0.4, -0.2) is 54.0 Å². The molecule has 1 aromatic rings. The van der Waals surface area contributed by atoms with Crippen molar-refractivity contribution in [3.05, 3.63) is 11.9 Å². The predicted molar refractivity (Wildman–Crippen MR) is 99.7 cm³/mol. The number of carbonyl (C=O) groups excluding carboxylic acids is 2. The predicted octanol–water partition coefficient (Wildman–Crippen LogP) is 1.78. The van der Waals surface area contributed by atoms with Crippen molar-refractivity contribution in [1.82, 2.24) is 15.1 Å². The van der Waals surface area contributed by atoms with Crippen LogP contribution in [0.1, 0.15) is 56.4 Å². The Labute approximate surface area is 159 Å². The molecular formula is C18H26N4O4S. The Balaban J connectivity index is 1.56. The normalized spacial score (nSPS) is 29.5. The molecule has 4 rings (SSSR count). The van der Waals surface area contributed by atoms with Crippen molar-refractivity contribution >= 4 is 27.4 Å². The maximum Gasteiger partial charge on any atom is 0.274 e. The Morgan fingerprint density at radius 3 is 2.67 bits per heavy atom. The van der Waals surface area contributed by atoms with Gasteiger partial charge in [-0.1, -0.05) is 13.8 Å². The SMILES string of the molecule is CC1(C)C2CC[C@]1(CS(=O)(=O)Nc1cn[nH]c1C(=O)N1CCCC1)C(=O)C2. The lowest BCUT2D eigenvalue weighted by Crippen LogP contribution is -2.43. The van der Waals surface area contributed by atoms with Gasteiger partial charge in [-0.3, -0.25) is 19.4 Å². The van der Waals surface area contributed by atoms with Gasteiger partial charge in [0.2, 0.25) is 10.0 Å². The molecule has 2 atom stereocenters. The van der Waals surface area contributed by atoms with Crippen molar-refractivity contribution in [2.24, 2.45) is 16.7 Å². The van der Waals surface area contributed by atoms with Crippen LogP contribution in [0.2, 0.25) is 0 Å².